The van der Waals surface area contributed by atoms with Gasteiger partial charge in [-0.05, 0) is 12.1 Å². The summed E-state index contributed by atoms with van der Waals surface area (Å²) in [6.45, 7) is 5.33. The molecule has 0 unspecified atom stereocenters. The van der Waals surface area contributed by atoms with E-state index in [2.05, 4.69) is 10.6 Å². The molecule has 1 aromatic rings. The summed E-state index contributed by atoms with van der Waals surface area (Å²) in [5.74, 6) is 0.232. The Morgan fingerprint density at radius 2 is 1.95 bits per heavy atom. The minimum atomic E-state index is -0.504. The first-order chi connectivity index (χ1) is 8.82. The van der Waals surface area contributed by atoms with Crippen LogP contribution in [-0.2, 0) is 9.59 Å². The van der Waals surface area contributed by atoms with Gasteiger partial charge in [-0.25, -0.2) is 0 Å². The Bertz CT molecular complexity index is 464. The molecular weight excluding hydrogens is 244 g/mol. The van der Waals surface area contributed by atoms with Gasteiger partial charge in [-0.3, -0.25) is 9.59 Å². The lowest BCUT2D eigenvalue weighted by atomic mass is 9.96. The Morgan fingerprint density at radius 1 is 1.26 bits per heavy atom. The molecule has 0 bridgehead atoms. The van der Waals surface area contributed by atoms with Crippen LogP contribution >= 0.6 is 0 Å². The van der Waals surface area contributed by atoms with Crippen molar-refractivity contribution < 1.29 is 14.3 Å². The van der Waals surface area contributed by atoms with Crippen LogP contribution < -0.4 is 15.4 Å². The van der Waals surface area contributed by atoms with E-state index in [1.165, 1.54) is 0 Å². The zero-order valence-corrected chi connectivity index (χ0v) is 11.7. The molecule has 1 rings (SSSR count). The highest BCUT2D eigenvalue weighted by molar-refractivity contribution is 5.95. The first-order valence-corrected chi connectivity index (χ1v) is 6.05. The van der Waals surface area contributed by atoms with Crippen molar-refractivity contribution in [1.82, 2.24) is 5.32 Å². The van der Waals surface area contributed by atoms with Crippen LogP contribution in [0.4, 0.5) is 5.69 Å². The lowest BCUT2D eigenvalue weighted by Crippen LogP contribution is -2.39. The smallest absolute Gasteiger partial charge is 0.243 e. The highest BCUT2D eigenvalue weighted by atomic mass is 16.5. The van der Waals surface area contributed by atoms with Gasteiger partial charge in [-0.1, -0.05) is 26.8 Å². The lowest BCUT2D eigenvalue weighted by molar-refractivity contribution is -0.130. The number of anilines is 1. The second-order valence-electron chi connectivity index (χ2n) is 5.21. The standard InChI is InChI=1S/C14H20N2O3/c1-14(2,3)13(18)15-9-12(17)16-10-6-5-7-11(8-10)19-4/h5-8H,9H2,1-4H3,(H,15,18)(H,16,17). The first-order valence-electron chi connectivity index (χ1n) is 6.05. The molecule has 5 heteroatoms. The Balaban J connectivity index is 2.49. The van der Waals surface area contributed by atoms with Crippen molar-refractivity contribution in [2.24, 2.45) is 5.41 Å². The first kappa shape index (κ1) is 15.0. The molecule has 0 aliphatic carbocycles. The van der Waals surface area contributed by atoms with E-state index < -0.39 is 5.41 Å². The molecule has 104 valence electrons. The second-order valence-corrected chi connectivity index (χ2v) is 5.21. The Kier molecular flexibility index (Phi) is 4.92. The van der Waals surface area contributed by atoms with Crippen LogP contribution in [0.1, 0.15) is 20.8 Å². The molecule has 0 aromatic heterocycles. The van der Waals surface area contributed by atoms with Gasteiger partial charge in [0.05, 0.1) is 13.7 Å². The fourth-order valence-electron chi connectivity index (χ4n) is 1.33. The minimum absolute atomic E-state index is 0.0483. The summed E-state index contributed by atoms with van der Waals surface area (Å²) in [6.07, 6.45) is 0. The maximum Gasteiger partial charge on any atom is 0.243 e. The molecule has 0 aliphatic rings. The fraction of sp³-hybridized carbons (Fsp3) is 0.429. The molecule has 0 radical (unpaired) electrons. The van der Waals surface area contributed by atoms with E-state index in [-0.39, 0.29) is 18.4 Å². The summed E-state index contributed by atoms with van der Waals surface area (Å²) in [7, 11) is 1.56. The lowest BCUT2D eigenvalue weighted by Gasteiger charge is -2.17. The highest BCUT2D eigenvalue weighted by Gasteiger charge is 2.21. The van der Waals surface area contributed by atoms with E-state index in [9.17, 15) is 9.59 Å². The summed E-state index contributed by atoms with van der Waals surface area (Å²) in [5, 5.41) is 5.28. The maximum atomic E-state index is 11.7. The van der Waals surface area contributed by atoms with Crippen LogP contribution in [-0.4, -0.2) is 25.5 Å². The molecule has 1 aromatic carbocycles. The van der Waals surface area contributed by atoms with Crippen LogP contribution in [0.3, 0.4) is 0 Å². The summed E-state index contributed by atoms with van der Waals surface area (Å²) in [4.78, 5) is 23.3. The second kappa shape index (κ2) is 6.22. The quantitative estimate of drug-likeness (QED) is 0.871. The summed E-state index contributed by atoms with van der Waals surface area (Å²) in [6, 6.07) is 7.04. The fourth-order valence-corrected chi connectivity index (χ4v) is 1.33. The number of nitrogens with one attached hydrogen (secondary N) is 2. The number of amides is 2. The number of hydrogen-bond acceptors (Lipinski definition) is 3. The Hall–Kier alpha value is -2.04. The van der Waals surface area contributed by atoms with Gasteiger partial charge in [0.15, 0.2) is 0 Å². The highest BCUT2D eigenvalue weighted by Crippen LogP contribution is 2.16. The molecular formula is C14H20N2O3. The number of carbonyl (C=O) groups is 2. The van der Waals surface area contributed by atoms with Crippen molar-refractivity contribution in [3.05, 3.63) is 24.3 Å². The number of ether oxygens (including phenoxy) is 1. The van der Waals surface area contributed by atoms with Crippen molar-refractivity contribution in [2.45, 2.75) is 20.8 Å². The van der Waals surface area contributed by atoms with E-state index in [1.54, 1.807) is 52.1 Å². The van der Waals surface area contributed by atoms with Gasteiger partial charge in [0, 0.05) is 17.2 Å². The molecule has 0 fully saturated rings. The SMILES string of the molecule is COc1cccc(NC(=O)CNC(=O)C(C)(C)C)c1. The Labute approximate surface area is 113 Å². The van der Waals surface area contributed by atoms with Crippen LogP contribution in [0.15, 0.2) is 24.3 Å². The number of carbonyl (C=O) groups excluding carboxylic acids is 2. The van der Waals surface area contributed by atoms with Crippen LogP contribution in [0.5, 0.6) is 5.75 Å². The minimum Gasteiger partial charge on any atom is -0.497 e. The molecule has 0 atom stereocenters. The van der Waals surface area contributed by atoms with E-state index >= 15 is 0 Å². The van der Waals surface area contributed by atoms with Crippen LogP contribution in [0.2, 0.25) is 0 Å². The van der Waals surface area contributed by atoms with Gasteiger partial charge in [0.25, 0.3) is 0 Å². The molecule has 0 saturated carbocycles. The zero-order chi connectivity index (χ0) is 14.5. The number of hydrogen-bond donors (Lipinski definition) is 2. The third-order valence-electron chi connectivity index (χ3n) is 2.44. The van der Waals surface area contributed by atoms with E-state index in [1.807, 2.05) is 0 Å². The molecule has 0 spiro atoms. The Morgan fingerprint density at radius 3 is 2.53 bits per heavy atom. The normalized spacial score (nSPS) is 10.7. The monoisotopic (exact) mass is 264 g/mol. The third kappa shape index (κ3) is 4.99. The summed E-state index contributed by atoms with van der Waals surface area (Å²) >= 11 is 0. The molecule has 5 nitrogen and oxygen atoms in total. The number of methoxy groups -OCH3 is 1. The van der Waals surface area contributed by atoms with Crippen LogP contribution in [0.25, 0.3) is 0 Å². The van der Waals surface area contributed by atoms with Crippen LogP contribution in [0, 0.1) is 5.41 Å². The maximum absolute atomic E-state index is 11.7. The zero-order valence-electron chi connectivity index (χ0n) is 11.7. The van der Waals surface area contributed by atoms with Crippen molar-refractivity contribution in [3.8, 4) is 5.75 Å². The number of benzene rings is 1. The van der Waals surface area contributed by atoms with Gasteiger partial charge >= 0.3 is 0 Å². The summed E-state index contributed by atoms with van der Waals surface area (Å²) < 4.78 is 5.06. The van der Waals surface area contributed by atoms with Gasteiger partial charge < -0.3 is 15.4 Å². The molecule has 19 heavy (non-hydrogen) atoms. The molecule has 0 aliphatic heterocycles. The number of rotatable bonds is 4. The molecule has 0 saturated heterocycles. The topological polar surface area (TPSA) is 67.4 Å². The van der Waals surface area contributed by atoms with E-state index in [0.29, 0.717) is 11.4 Å². The molecule has 2 amide bonds. The average Bonchev–Trinajstić information content (AvgIpc) is 2.35. The molecule has 2 N–H and O–H groups in total. The third-order valence-corrected chi connectivity index (χ3v) is 2.44. The van der Waals surface area contributed by atoms with Crippen molar-refractivity contribution >= 4 is 17.5 Å². The predicted molar refractivity (Wildman–Crippen MR) is 74.1 cm³/mol. The van der Waals surface area contributed by atoms with E-state index in [0.717, 1.165) is 0 Å². The van der Waals surface area contributed by atoms with E-state index in [4.69, 9.17) is 4.74 Å². The molecule has 0 heterocycles. The van der Waals surface area contributed by atoms with Gasteiger partial charge in [-0.2, -0.15) is 0 Å². The van der Waals surface area contributed by atoms with Gasteiger partial charge in [0.1, 0.15) is 5.75 Å². The largest absolute Gasteiger partial charge is 0.497 e. The predicted octanol–water partition coefficient (Wildman–Crippen LogP) is 1.80. The summed E-state index contributed by atoms with van der Waals surface area (Å²) in [5.41, 5.74) is 0.130. The van der Waals surface area contributed by atoms with Gasteiger partial charge in [-0.15, -0.1) is 0 Å². The van der Waals surface area contributed by atoms with Gasteiger partial charge in [0.2, 0.25) is 11.8 Å². The van der Waals surface area contributed by atoms with Crippen molar-refractivity contribution in [2.75, 3.05) is 19.0 Å². The van der Waals surface area contributed by atoms with Crippen molar-refractivity contribution in [3.63, 3.8) is 0 Å². The van der Waals surface area contributed by atoms with Crippen molar-refractivity contribution in [1.29, 1.82) is 0 Å². The average molecular weight is 264 g/mol.